The molecule has 0 radical (unpaired) electrons. The Balaban J connectivity index is 1.42. The van der Waals surface area contributed by atoms with Crippen molar-refractivity contribution in [3.05, 3.63) is 27.3 Å². The van der Waals surface area contributed by atoms with E-state index < -0.39 is 38.1 Å². The number of morpholine rings is 1. The maximum Gasteiger partial charge on any atom is 0.410 e. The van der Waals surface area contributed by atoms with E-state index >= 15 is 0 Å². The van der Waals surface area contributed by atoms with Crippen LogP contribution in [-0.2, 0) is 34.6 Å². The zero-order chi connectivity index (χ0) is 34.7. The molecule has 1 aromatic heterocycles. The zero-order valence-corrected chi connectivity index (χ0v) is 32.3. The second-order valence-electron chi connectivity index (χ2n) is 14.9. The molecule has 47 heavy (non-hydrogen) atoms. The van der Waals surface area contributed by atoms with E-state index in [1.165, 1.54) is 0 Å². The van der Waals surface area contributed by atoms with Gasteiger partial charge in [0.15, 0.2) is 26.4 Å². The van der Waals surface area contributed by atoms with Crippen molar-refractivity contribution in [2.75, 3.05) is 32.8 Å². The number of amides is 2. The summed E-state index contributed by atoms with van der Waals surface area (Å²) >= 11 is 10.4. The van der Waals surface area contributed by atoms with E-state index in [0.29, 0.717) is 24.6 Å². The average molecular weight is 758 g/mol. The summed E-state index contributed by atoms with van der Waals surface area (Å²) < 4.78 is 26.8. The molecular weight excluding hydrogens is 708 g/mol. The number of ketones is 1. The van der Waals surface area contributed by atoms with Crippen molar-refractivity contribution < 1.29 is 33.0 Å². The van der Waals surface area contributed by atoms with Crippen LogP contribution in [0.3, 0.4) is 0 Å². The summed E-state index contributed by atoms with van der Waals surface area (Å²) in [6.07, 6.45) is 3.05. The minimum Gasteiger partial charge on any atom is -0.444 e. The third-order valence-corrected chi connectivity index (χ3v) is 14.7. The molecule has 262 valence electrons. The highest BCUT2D eigenvalue weighted by Crippen LogP contribution is 2.39. The number of nitrogens with one attached hydrogen (secondary N) is 1. The maximum absolute atomic E-state index is 13.7. The molecule has 14 heteroatoms. The van der Waals surface area contributed by atoms with Crippen LogP contribution in [0, 0.1) is 0 Å². The lowest BCUT2D eigenvalue weighted by Crippen LogP contribution is -2.59. The summed E-state index contributed by atoms with van der Waals surface area (Å²) in [6, 6.07) is 1.88. The van der Waals surface area contributed by atoms with Gasteiger partial charge in [-0.1, -0.05) is 32.4 Å². The molecule has 2 saturated heterocycles. The number of rotatable bonds is 10. The second-order valence-corrected chi connectivity index (χ2v) is 20.8. The van der Waals surface area contributed by atoms with E-state index in [-0.39, 0.29) is 43.2 Å². The molecule has 2 aromatic rings. The molecular formula is C33H50BrClN4O7Si. The fourth-order valence-corrected chi connectivity index (χ4v) is 7.69. The van der Waals surface area contributed by atoms with E-state index in [1.807, 2.05) is 31.5 Å². The third kappa shape index (κ3) is 9.57. The van der Waals surface area contributed by atoms with Crippen molar-refractivity contribution >= 4 is 64.5 Å². The lowest BCUT2D eigenvalue weighted by atomic mass is 10.0. The van der Waals surface area contributed by atoms with Crippen molar-refractivity contribution in [1.82, 2.24) is 20.0 Å². The van der Waals surface area contributed by atoms with Gasteiger partial charge in [0.2, 0.25) is 0 Å². The van der Waals surface area contributed by atoms with Crippen LogP contribution in [0.1, 0.15) is 79.0 Å². The fraction of sp³-hybridized carbons (Fsp3) is 0.697. The van der Waals surface area contributed by atoms with E-state index in [0.717, 1.165) is 40.2 Å². The van der Waals surface area contributed by atoms with Gasteiger partial charge in [-0.15, -0.1) is 0 Å². The van der Waals surface area contributed by atoms with Gasteiger partial charge in [0.1, 0.15) is 11.7 Å². The Morgan fingerprint density at radius 3 is 2.51 bits per heavy atom. The lowest BCUT2D eigenvalue weighted by Gasteiger charge is -2.43. The highest BCUT2D eigenvalue weighted by Gasteiger charge is 2.45. The second kappa shape index (κ2) is 15.2. The first-order valence-corrected chi connectivity index (χ1v) is 20.5. The van der Waals surface area contributed by atoms with Gasteiger partial charge in [-0.05, 0) is 92.1 Å². The molecule has 2 amide bonds. The molecule has 0 aliphatic carbocycles. The predicted molar refractivity (Wildman–Crippen MR) is 187 cm³/mol. The number of carbonyl (C=O) groups excluding carboxylic acids is 3. The Kier molecular flexibility index (Phi) is 12.3. The number of hydrogen-bond acceptors (Lipinski definition) is 8. The quantitative estimate of drug-likeness (QED) is 0.263. The highest BCUT2D eigenvalue weighted by molar-refractivity contribution is 9.10. The van der Waals surface area contributed by atoms with Crippen LogP contribution in [-0.4, -0.2) is 91.4 Å². The molecule has 4 rings (SSSR count). The first kappa shape index (κ1) is 37.8. The summed E-state index contributed by atoms with van der Waals surface area (Å²) in [5, 5.41) is 8.61. The molecule has 3 atom stereocenters. The molecule has 1 unspecified atom stereocenters. The fourth-order valence-electron chi connectivity index (χ4n) is 5.32. The van der Waals surface area contributed by atoms with Gasteiger partial charge in [0, 0.05) is 34.5 Å². The zero-order valence-electron chi connectivity index (χ0n) is 28.9. The van der Waals surface area contributed by atoms with Crippen molar-refractivity contribution in [2.24, 2.45) is 0 Å². The van der Waals surface area contributed by atoms with Crippen LogP contribution in [0.2, 0.25) is 23.2 Å². The number of nitrogens with zero attached hydrogens (tertiary/aromatic N) is 3. The van der Waals surface area contributed by atoms with Gasteiger partial charge in [0.25, 0.3) is 5.91 Å². The molecule has 0 bridgehead atoms. The number of benzene rings is 1. The van der Waals surface area contributed by atoms with Gasteiger partial charge in [0.05, 0.1) is 31.4 Å². The lowest BCUT2D eigenvalue weighted by molar-refractivity contribution is -0.143. The first-order valence-electron chi connectivity index (χ1n) is 16.4. The largest absolute Gasteiger partial charge is 0.444 e. The van der Waals surface area contributed by atoms with Gasteiger partial charge in [-0.25, -0.2) is 9.48 Å². The van der Waals surface area contributed by atoms with Gasteiger partial charge >= 0.3 is 6.09 Å². The van der Waals surface area contributed by atoms with Crippen LogP contribution in [0.25, 0.3) is 10.9 Å². The smallest absolute Gasteiger partial charge is 0.410 e. The molecule has 0 spiro atoms. The minimum atomic E-state index is -2.46. The summed E-state index contributed by atoms with van der Waals surface area (Å²) in [6.45, 7) is 17.0. The van der Waals surface area contributed by atoms with Crippen molar-refractivity contribution in [3.8, 4) is 0 Å². The Labute approximate surface area is 292 Å². The van der Waals surface area contributed by atoms with Crippen LogP contribution in [0.4, 0.5) is 4.79 Å². The number of Topliss-reactive ketones (excluding diaryl/α,β-unsaturated/α-hetero) is 1. The monoisotopic (exact) mass is 756 g/mol. The SMILES string of the molecule is CC(C)(C)OC(=O)N1CCO[C@@H]([C@H](O[Si](C)(C)C(C)(C)C)C(=O)NCC(=O)CCc2c(Cl)cc3c(cnn3C3CCCCO3)c2Br)C1. The van der Waals surface area contributed by atoms with Crippen LogP contribution in [0.5, 0.6) is 0 Å². The summed E-state index contributed by atoms with van der Waals surface area (Å²) in [5.41, 5.74) is 1.02. The third-order valence-electron chi connectivity index (χ3n) is 9.00. The molecule has 1 N–H and O–H groups in total. The molecule has 1 aromatic carbocycles. The Bertz CT molecular complexity index is 1450. The van der Waals surface area contributed by atoms with Crippen molar-refractivity contribution in [3.63, 3.8) is 0 Å². The Morgan fingerprint density at radius 1 is 1.15 bits per heavy atom. The number of aromatic nitrogens is 2. The Morgan fingerprint density at radius 2 is 1.87 bits per heavy atom. The minimum absolute atomic E-state index is 0.121. The molecule has 11 nitrogen and oxygen atoms in total. The highest BCUT2D eigenvalue weighted by atomic mass is 79.9. The molecule has 2 aliphatic heterocycles. The van der Waals surface area contributed by atoms with Gasteiger partial charge < -0.3 is 28.9 Å². The molecule has 0 saturated carbocycles. The summed E-state index contributed by atoms with van der Waals surface area (Å²) in [5.74, 6) is -0.601. The van der Waals surface area contributed by atoms with Gasteiger partial charge in [-0.3, -0.25) is 9.59 Å². The molecule has 2 fully saturated rings. The van der Waals surface area contributed by atoms with Crippen LogP contribution < -0.4 is 5.32 Å². The van der Waals surface area contributed by atoms with Gasteiger partial charge in [-0.2, -0.15) is 5.10 Å². The topological polar surface area (TPSA) is 121 Å². The Hall–Kier alpha value is -2.03. The van der Waals surface area contributed by atoms with E-state index in [4.69, 9.17) is 30.2 Å². The van der Waals surface area contributed by atoms with Crippen LogP contribution >= 0.6 is 27.5 Å². The first-order chi connectivity index (χ1) is 21.9. The maximum atomic E-state index is 13.7. The van der Waals surface area contributed by atoms with Crippen molar-refractivity contribution in [2.45, 2.75) is 116 Å². The van der Waals surface area contributed by atoms with Crippen LogP contribution in [0.15, 0.2) is 16.7 Å². The summed E-state index contributed by atoms with van der Waals surface area (Å²) in [4.78, 5) is 41.2. The molecule has 3 heterocycles. The number of fused-ring (bicyclic) bond motifs is 1. The predicted octanol–water partition coefficient (Wildman–Crippen LogP) is 6.80. The van der Waals surface area contributed by atoms with E-state index in [1.54, 1.807) is 11.1 Å². The number of hydrogen-bond donors (Lipinski definition) is 1. The standard InChI is InChI=1S/C33H50BrClN4O7Si/c1-32(2,3)45-31(42)38-14-16-43-26(20-38)29(46-47(7,8)33(4,5)6)30(41)36-18-21(40)12-13-22-24(35)17-25-23(28(22)34)19-37-39(25)27-11-9-10-15-44-27/h17,19,26-27,29H,9-16,18,20H2,1-8H3,(H,36,41)/t26-,27?,29+/m1/s1. The van der Waals surface area contributed by atoms with Crippen molar-refractivity contribution in [1.29, 1.82) is 0 Å². The number of ether oxygens (including phenoxy) is 3. The average Bonchev–Trinajstić information content (AvgIpc) is 3.41. The summed E-state index contributed by atoms with van der Waals surface area (Å²) in [7, 11) is -2.46. The van der Waals surface area contributed by atoms with E-state index in [2.05, 4.69) is 60.2 Å². The normalized spacial score (nSPS) is 20.3. The van der Waals surface area contributed by atoms with E-state index in [9.17, 15) is 14.4 Å². The number of carbonyl (C=O) groups is 3. The number of halogens is 2. The molecule has 2 aliphatic rings.